The van der Waals surface area contributed by atoms with Crippen molar-refractivity contribution in [3.05, 3.63) is 46.6 Å². The molecule has 1 amide bonds. The average molecular weight is 363 g/mol. The molecule has 0 fully saturated rings. The molecule has 3 aromatic rings. The Morgan fingerprint density at radius 2 is 2.27 bits per heavy atom. The molecule has 114 valence electrons. The summed E-state index contributed by atoms with van der Waals surface area (Å²) in [6.45, 7) is 3.31. The molecule has 8 heteroatoms. The van der Waals surface area contributed by atoms with Crippen molar-refractivity contribution in [1.82, 2.24) is 29.3 Å². The van der Waals surface area contributed by atoms with Crippen LogP contribution >= 0.6 is 15.9 Å². The van der Waals surface area contributed by atoms with Gasteiger partial charge in [0.15, 0.2) is 11.3 Å². The van der Waals surface area contributed by atoms with Gasteiger partial charge in [-0.2, -0.15) is 10.2 Å². The van der Waals surface area contributed by atoms with Crippen LogP contribution in [0.1, 0.15) is 23.0 Å². The highest BCUT2D eigenvalue weighted by Gasteiger charge is 2.21. The van der Waals surface area contributed by atoms with Crippen molar-refractivity contribution in [3.63, 3.8) is 0 Å². The Balaban J connectivity index is 1.83. The molecule has 22 heavy (non-hydrogen) atoms. The molecule has 0 saturated carbocycles. The first-order chi connectivity index (χ1) is 10.6. The van der Waals surface area contributed by atoms with E-state index in [2.05, 4.69) is 31.1 Å². The summed E-state index contributed by atoms with van der Waals surface area (Å²) in [4.78, 5) is 18.4. The standard InChI is InChI=1S/C14H15BrN6O/c1-3-20-9-10(7-17-20)8-19(2)14(22)12-11(15)13-16-5-4-6-21(13)18-12/h4-7,9H,3,8H2,1-2H3. The van der Waals surface area contributed by atoms with E-state index in [1.165, 1.54) is 0 Å². The largest absolute Gasteiger partial charge is 0.336 e. The van der Waals surface area contributed by atoms with Gasteiger partial charge in [-0.1, -0.05) is 0 Å². The van der Waals surface area contributed by atoms with Crippen molar-refractivity contribution in [2.75, 3.05) is 7.05 Å². The van der Waals surface area contributed by atoms with Gasteiger partial charge in [0, 0.05) is 44.3 Å². The van der Waals surface area contributed by atoms with Gasteiger partial charge in [-0.15, -0.1) is 0 Å². The van der Waals surface area contributed by atoms with Gasteiger partial charge in [-0.3, -0.25) is 9.48 Å². The minimum absolute atomic E-state index is 0.165. The molecule has 0 spiro atoms. The number of carbonyl (C=O) groups is 1. The Bertz CT molecular complexity index is 824. The molecule has 0 atom stereocenters. The van der Waals surface area contributed by atoms with Crippen molar-refractivity contribution in [2.45, 2.75) is 20.0 Å². The summed E-state index contributed by atoms with van der Waals surface area (Å²) in [5.41, 5.74) is 1.96. The molecule has 3 aromatic heterocycles. The first-order valence-electron chi connectivity index (χ1n) is 6.85. The Kier molecular flexibility index (Phi) is 3.93. The molecular weight excluding hydrogens is 348 g/mol. The van der Waals surface area contributed by atoms with E-state index in [0.717, 1.165) is 12.1 Å². The minimum atomic E-state index is -0.165. The van der Waals surface area contributed by atoms with Crippen LogP contribution < -0.4 is 0 Å². The van der Waals surface area contributed by atoms with E-state index in [9.17, 15) is 4.79 Å². The number of hydrogen-bond donors (Lipinski definition) is 0. The zero-order valence-electron chi connectivity index (χ0n) is 12.3. The molecule has 0 unspecified atom stereocenters. The molecule has 3 rings (SSSR count). The lowest BCUT2D eigenvalue weighted by atomic mass is 10.3. The van der Waals surface area contributed by atoms with E-state index in [1.54, 1.807) is 41.1 Å². The predicted octanol–water partition coefficient (Wildman–Crippen LogP) is 1.98. The highest BCUT2D eigenvalue weighted by atomic mass is 79.9. The second-order valence-corrected chi connectivity index (χ2v) is 5.71. The SMILES string of the molecule is CCn1cc(CN(C)C(=O)c2nn3cccnc3c2Br)cn1. The number of carbonyl (C=O) groups excluding carboxylic acids is 1. The van der Waals surface area contributed by atoms with Gasteiger partial charge in [-0.05, 0) is 28.9 Å². The van der Waals surface area contributed by atoms with Gasteiger partial charge < -0.3 is 4.90 Å². The van der Waals surface area contributed by atoms with Crippen molar-refractivity contribution in [3.8, 4) is 0 Å². The molecule has 0 aliphatic heterocycles. The van der Waals surface area contributed by atoms with Crippen LogP contribution in [-0.4, -0.2) is 42.2 Å². The average Bonchev–Trinajstić information content (AvgIpc) is 3.11. The molecule has 7 nitrogen and oxygen atoms in total. The molecule has 3 heterocycles. The first kappa shape index (κ1) is 14.7. The van der Waals surface area contributed by atoms with Gasteiger partial charge in [-0.25, -0.2) is 9.50 Å². The van der Waals surface area contributed by atoms with E-state index < -0.39 is 0 Å². The van der Waals surface area contributed by atoms with Gasteiger partial charge in [0.2, 0.25) is 0 Å². The van der Waals surface area contributed by atoms with Crippen LogP contribution in [0.15, 0.2) is 35.3 Å². The van der Waals surface area contributed by atoms with Crippen molar-refractivity contribution < 1.29 is 4.79 Å². The van der Waals surface area contributed by atoms with E-state index in [1.807, 2.05) is 17.8 Å². The second kappa shape index (κ2) is 5.88. The van der Waals surface area contributed by atoms with E-state index >= 15 is 0 Å². The molecule has 0 bridgehead atoms. The highest BCUT2D eigenvalue weighted by molar-refractivity contribution is 9.10. The van der Waals surface area contributed by atoms with Crippen molar-refractivity contribution in [1.29, 1.82) is 0 Å². The third kappa shape index (κ3) is 2.61. The number of aromatic nitrogens is 5. The van der Waals surface area contributed by atoms with Crippen LogP contribution in [-0.2, 0) is 13.1 Å². The normalized spacial score (nSPS) is 11.0. The zero-order chi connectivity index (χ0) is 15.7. The number of fused-ring (bicyclic) bond motifs is 1. The molecule has 0 aromatic carbocycles. The maximum atomic E-state index is 12.6. The van der Waals surface area contributed by atoms with Gasteiger partial charge >= 0.3 is 0 Å². The molecule has 0 aliphatic rings. The van der Waals surface area contributed by atoms with Crippen LogP contribution in [0.5, 0.6) is 0 Å². The number of amides is 1. The lowest BCUT2D eigenvalue weighted by molar-refractivity contribution is 0.0778. The van der Waals surface area contributed by atoms with Crippen molar-refractivity contribution >= 4 is 27.5 Å². The molecule has 0 N–H and O–H groups in total. The lowest BCUT2D eigenvalue weighted by Gasteiger charge is -2.14. The Morgan fingerprint density at radius 3 is 2.95 bits per heavy atom. The molecular formula is C14H15BrN6O. The number of rotatable bonds is 4. The minimum Gasteiger partial charge on any atom is -0.336 e. The fraction of sp³-hybridized carbons (Fsp3) is 0.286. The first-order valence-corrected chi connectivity index (χ1v) is 7.65. The van der Waals surface area contributed by atoms with Gasteiger partial charge in [0.05, 0.1) is 10.7 Å². The summed E-state index contributed by atoms with van der Waals surface area (Å²) in [5, 5.41) is 8.50. The van der Waals surface area contributed by atoms with Crippen LogP contribution in [0, 0.1) is 0 Å². The molecule has 0 radical (unpaired) electrons. The van der Waals surface area contributed by atoms with Crippen LogP contribution in [0.4, 0.5) is 0 Å². The summed E-state index contributed by atoms with van der Waals surface area (Å²) in [6, 6.07) is 1.77. The molecule has 0 saturated heterocycles. The molecule has 0 aliphatic carbocycles. The summed E-state index contributed by atoms with van der Waals surface area (Å²) in [7, 11) is 1.75. The Hall–Kier alpha value is -2.22. The zero-order valence-corrected chi connectivity index (χ0v) is 13.9. The predicted molar refractivity (Wildman–Crippen MR) is 84.4 cm³/mol. The topological polar surface area (TPSA) is 68.3 Å². The summed E-state index contributed by atoms with van der Waals surface area (Å²) in [6.07, 6.45) is 7.13. The fourth-order valence-electron chi connectivity index (χ4n) is 2.18. The lowest BCUT2D eigenvalue weighted by Crippen LogP contribution is -2.26. The number of aryl methyl sites for hydroxylation is 1. The van der Waals surface area contributed by atoms with E-state index in [4.69, 9.17) is 0 Å². The summed E-state index contributed by atoms with van der Waals surface area (Å²) >= 11 is 3.41. The maximum absolute atomic E-state index is 12.6. The van der Waals surface area contributed by atoms with Crippen LogP contribution in [0.25, 0.3) is 5.65 Å². The fourth-order valence-corrected chi connectivity index (χ4v) is 2.72. The smallest absolute Gasteiger partial charge is 0.275 e. The van der Waals surface area contributed by atoms with Crippen molar-refractivity contribution in [2.24, 2.45) is 0 Å². The Labute approximate surface area is 135 Å². The van der Waals surface area contributed by atoms with E-state index in [-0.39, 0.29) is 5.91 Å². The van der Waals surface area contributed by atoms with Gasteiger partial charge in [0.25, 0.3) is 5.91 Å². The summed E-state index contributed by atoms with van der Waals surface area (Å²) < 4.78 is 4.02. The summed E-state index contributed by atoms with van der Waals surface area (Å²) in [5.74, 6) is -0.165. The van der Waals surface area contributed by atoms with Gasteiger partial charge in [0.1, 0.15) is 0 Å². The number of nitrogens with zero attached hydrogens (tertiary/aromatic N) is 6. The number of halogens is 1. The van der Waals surface area contributed by atoms with Crippen LogP contribution in [0.2, 0.25) is 0 Å². The number of hydrogen-bond acceptors (Lipinski definition) is 4. The quantitative estimate of drug-likeness (QED) is 0.711. The maximum Gasteiger partial charge on any atom is 0.275 e. The monoisotopic (exact) mass is 362 g/mol. The Morgan fingerprint density at radius 1 is 1.45 bits per heavy atom. The highest BCUT2D eigenvalue weighted by Crippen LogP contribution is 2.22. The third-order valence-corrected chi connectivity index (χ3v) is 4.05. The van der Waals surface area contributed by atoms with E-state index in [0.29, 0.717) is 22.4 Å². The second-order valence-electron chi connectivity index (χ2n) is 4.92. The third-order valence-electron chi connectivity index (χ3n) is 3.32. The van der Waals surface area contributed by atoms with Crippen LogP contribution in [0.3, 0.4) is 0 Å².